The summed E-state index contributed by atoms with van der Waals surface area (Å²) in [6, 6.07) is 5.24. The Morgan fingerprint density at radius 2 is 2.00 bits per heavy atom. The normalized spacial score (nSPS) is 13.2. The fourth-order valence-electron chi connectivity index (χ4n) is 2.47. The average molecular weight is 304 g/mol. The van der Waals surface area contributed by atoms with Gasteiger partial charge in [-0.05, 0) is 23.8 Å². The number of aromatic nitrogens is 2. The molecule has 0 saturated heterocycles. The van der Waals surface area contributed by atoms with Crippen molar-refractivity contribution in [2.75, 3.05) is 20.3 Å². The molecular formula is C15H16N2O5. The number of carboxylic acid groups (broad SMARTS) is 1. The first-order valence-electron chi connectivity index (χ1n) is 6.79. The van der Waals surface area contributed by atoms with Crippen molar-refractivity contribution < 1.29 is 24.1 Å². The van der Waals surface area contributed by atoms with Crippen LogP contribution in [0.15, 0.2) is 18.2 Å². The van der Waals surface area contributed by atoms with Gasteiger partial charge in [0, 0.05) is 19.7 Å². The summed E-state index contributed by atoms with van der Waals surface area (Å²) in [4.78, 5) is 11.1. The number of aryl methyl sites for hydroxylation is 1. The van der Waals surface area contributed by atoms with Crippen LogP contribution < -0.4 is 9.47 Å². The van der Waals surface area contributed by atoms with Gasteiger partial charge in [0.25, 0.3) is 0 Å². The lowest BCUT2D eigenvalue weighted by Gasteiger charge is -2.21. The van der Waals surface area contributed by atoms with E-state index in [2.05, 4.69) is 5.10 Å². The van der Waals surface area contributed by atoms with Crippen LogP contribution in [-0.4, -0.2) is 41.2 Å². The van der Waals surface area contributed by atoms with Gasteiger partial charge in [-0.1, -0.05) is 0 Å². The zero-order valence-electron chi connectivity index (χ0n) is 12.3. The van der Waals surface area contributed by atoms with E-state index in [-0.39, 0.29) is 5.69 Å². The van der Waals surface area contributed by atoms with E-state index in [0.717, 1.165) is 11.1 Å². The molecule has 7 heteroatoms. The van der Waals surface area contributed by atoms with Crippen molar-refractivity contribution in [3.8, 4) is 22.8 Å². The molecule has 0 amide bonds. The third kappa shape index (κ3) is 2.50. The van der Waals surface area contributed by atoms with Crippen LogP contribution in [0.1, 0.15) is 16.1 Å². The maximum Gasteiger partial charge on any atom is 0.356 e. The molecule has 0 bridgehead atoms. The minimum atomic E-state index is -1.06. The van der Waals surface area contributed by atoms with Crippen molar-refractivity contribution in [2.24, 2.45) is 7.05 Å². The lowest BCUT2D eigenvalue weighted by atomic mass is 10.0. The number of fused-ring (bicyclic) bond motifs is 1. The molecule has 0 radical (unpaired) electrons. The monoisotopic (exact) mass is 304 g/mol. The van der Waals surface area contributed by atoms with Gasteiger partial charge in [-0.3, -0.25) is 4.68 Å². The van der Waals surface area contributed by atoms with Crippen molar-refractivity contribution >= 4 is 5.97 Å². The molecule has 1 aliphatic rings. The fraction of sp³-hybridized carbons (Fsp3) is 0.333. The molecule has 0 aliphatic carbocycles. The van der Waals surface area contributed by atoms with E-state index in [0.29, 0.717) is 37.0 Å². The Hall–Kier alpha value is -2.54. The van der Waals surface area contributed by atoms with Crippen LogP contribution in [0.25, 0.3) is 11.3 Å². The third-order valence-corrected chi connectivity index (χ3v) is 3.44. The minimum absolute atomic E-state index is 0.00393. The first kappa shape index (κ1) is 14.4. The van der Waals surface area contributed by atoms with Crippen LogP contribution in [0, 0.1) is 0 Å². The highest BCUT2D eigenvalue weighted by Gasteiger charge is 2.20. The minimum Gasteiger partial charge on any atom is -0.486 e. The largest absolute Gasteiger partial charge is 0.486 e. The van der Waals surface area contributed by atoms with E-state index in [9.17, 15) is 4.79 Å². The standard InChI is InChI=1S/C15H16N2O5/c1-17-12(7-11(16-17)15(18)19)10-6-14-13(21-3-4-22-14)5-9(10)8-20-2/h5-7H,3-4,8H2,1-2H3,(H,18,19). The predicted molar refractivity (Wildman–Crippen MR) is 77.3 cm³/mol. The molecule has 0 atom stereocenters. The molecule has 0 spiro atoms. The summed E-state index contributed by atoms with van der Waals surface area (Å²) in [5.74, 6) is 0.245. The molecule has 22 heavy (non-hydrogen) atoms. The van der Waals surface area contributed by atoms with Gasteiger partial charge in [0.2, 0.25) is 0 Å². The number of benzene rings is 1. The number of methoxy groups -OCH3 is 1. The van der Waals surface area contributed by atoms with Crippen molar-refractivity contribution in [3.63, 3.8) is 0 Å². The Morgan fingerprint density at radius 3 is 2.59 bits per heavy atom. The molecular weight excluding hydrogens is 288 g/mol. The van der Waals surface area contributed by atoms with Crippen molar-refractivity contribution in [3.05, 3.63) is 29.5 Å². The van der Waals surface area contributed by atoms with Gasteiger partial charge in [0.15, 0.2) is 17.2 Å². The maximum absolute atomic E-state index is 11.1. The Bertz CT molecular complexity index is 723. The van der Waals surface area contributed by atoms with Gasteiger partial charge in [0.05, 0.1) is 12.3 Å². The number of hydrogen-bond donors (Lipinski definition) is 1. The fourth-order valence-corrected chi connectivity index (χ4v) is 2.47. The van der Waals surface area contributed by atoms with Crippen LogP contribution in [-0.2, 0) is 18.4 Å². The first-order chi connectivity index (χ1) is 10.6. The molecule has 0 unspecified atom stereocenters. The molecule has 2 aromatic rings. The second-order valence-corrected chi connectivity index (χ2v) is 4.93. The van der Waals surface area contributed by atoms with Gasteiger partial charge >= 0.3 is 5.97 Å². The zero-order chi connectivity index (χ0) is 15.7. The highest BCUT2D eigenvalue weighted by atomic mass is 16.6. The smallest absolute Gasteiger partial charge is 0.356 e. The summed E-state index contributed by atoms with van der Waals surface area (Å²) >= 11 is 0. The summed E-state index contributed by atoms with van der Waals surface area (Å²) in [7, 11) is 3.31. The van der Waals surface area contributed by atoms with Crippen LogP contribution in [0.5, 0.6) is 11.5 Å². The molecule has 116 valence electrons. The van der Waals surface area contributed by atoms with E-state index in [1.54, 1.807) is 14.2 Å². The highest BCUT2D eigenvalue weighted by Crippen LogP contribution is 2.38. The van der Waals surface area contributed by atoms with Crippen molar-refractivity contribution in [1.29, 1.82) is 0 Å². The zero-order valence-corrected chi connectivity index (χ0v) is 12.3. The molecule has 3 rings (SSSR count). The van der Waals surface area contributed by atoms with Gasteiger partial charge < -0.3 is 19.3 Å². The number of aromatic carboxylic acids is 1. The second kappa shape index (κ2) is 5.69. The van der Waals surface area contributed by atoms with Crippen LogP contribution >= 0.6 is 0 Å². The summed E-state index contributed by atoms with van der Waals surface area (Å²) in [6.07, 6.45) is 0. The van der Waals surface area contributed by atoms with Crippen LogP contribution in [0.2, 0.25) is 0 Å². The molecule has 1 N–H and O–H groups in total. The average Bonchev–Trinajstić information content (AvgIpc) is 2.89. The van der Waals surface area contributed by atoms with E-state index in [1.165, 1.54) is 10.7 Å². The Kier molecular flexibility index (Phi) is 3.72. The number of ether oxygens (including phenoxy) is 3. The van der Waals surface area contributed by atoms with E-state index >= 15 is 0 Å². The summed E-state index contributed by atoms with van der Waals surface area (Å²) in [6.45, 7) is 1.37. The third-order valence-electron chi connectivity index (χ3n) is 3.44. The number of rotatable bonds is 4. The topological polar surface area (TPSA) is 82.8 Å². The maximum atomic E-state index is 11.1. The SMILES string of the molecule is COCc1cc2c(cc1-c1cc(C(=O)O)nn1C)OCCO2. The first-order valence-corrected chi connectivity index (χ1v) is 6.79. The Balaban J connectivity index is 2.14. The molecule has 0 fully saturated rings. The number of hydrogen-bond acceptors (Lipinski definition) is 5. The number of nitrogens with zero attached hydrogens (tertiary/aromatic N) is 2. The number of carbonyl (C=O) groups is 1. The lowest BCUT2D eigenvalue weighted by molar-refractivity contribution is 0.0689. The van der Waals surface area contributed by atoms with Gasteiger partial charge in [-0.15, -0.1) is 0 Å². The second-order valence-electron chi connectivity index (χ2n) is 4.93. The van der Waals surface area contributed by atoms with Gasteiger partial charge in [-0.2, -0.15) is 5.10 Å². The summed E-state index contributed by atoms with van der Waals surface area (Å²) in [5, 5.41) is 13.1. The molecule has 2 heterocycles. The quantitative estimate of drug-likeness (QED) is 0.925. The summed E-state index contributed by atoms with van der Waals surface area (Å²) < 4.78 is 17.9. The molecule has 1 aromatic carbocycles. The Labute approximate surface area is 127 Å². The van der Waals surface area contributed by atoms with Crippen molar-refractivity contribution in [1.82, 2.24) is 9.78 Å². The van der Waals surface area contributed by atoms with Gasteiger partial charge in [-0.25, -0.2) is 4.79 Å². The molecule has 1 aliphatic heterocycles. The molecule has 1 aromatic heterocycles. The predicted octanol–water partition coefficient (Wildman–Crippen LogP) is 1.70. The van der Waals surface area contributed by atoms with E-state index < -0.39 is 5.97 Å². The lowest BCUT2D eigenvalue weighted by Crippen LogP contribution is -2.16. The molecule has 0 saturated carbocycles. The molecule has 7 nitrogen and oxygen atoms in total. The van der Waals surface area contributed by atoms with Crippen molar-refractivity contribution in [2.45, 2.75) is 6.61 Å². The van der Waals surface area contributed by atoms with Crippen LogP contribution in [0.4, 0.5) is 0 Å². The highest BCUT2D eigenvalue weighted by molar-refractivity contribution is 5.87. The van der Waals surface area contributed by atoms with E-state index in [4.69, 9.17) is 19.3 Å². The van der Waals surface area contributed by atoms with Crippen LogP contribution in [0.3, 0.4) is 0 Å². The summed E-state index contributed by atoms with van der Waals surface area (Å²) in [5.41, 5.74) is 2.37. The van der Waals surface area contributed by atoms with Gasteiger partial charge in [0.1, 0.15) is 13.2 Å². The Morgan fingerprint density at radius 1 is 1.32 bits per heavy atom. The number of carboxylic acids is 1. The van der Waals surface area contributed by atoms with E-state index in [1.807, 2.05) is 12.1 Å².